The van der Waals surface area contributed by atoms with Gasteiger partial charge in [-0.2, -0.15) is 4.68 Å². The third kappa shape index (κ3) is 3.53. The smallest absolute Gasteiger partial charge is 0.214 e. The molecule has 0 aliphatic rings. The first-order valence-electron chi connectivity index (χ1n) is 8.24. The minimum atomic E-state index is 0.725. The molecule has 0 aliphatic heterocycles. The first-order valence-corrected chi connectivity index (χ1v) is 9.23. The molecule has 0 saturated heterocycles. The van der Waals surface area contributed by atoms with Crippen LogP contribution in [0.2, 0.25) is 0 Å². The second-order valence-corrected chi connectivity index (χ2v) is 6.96. The number of nitrogens with zero attached hydrogens (tertiary/aromatic N) is 4. The van der Waals surface area contributed by atoms with Gasteiger partial charge >= 0.3 is 0 Å². The Morgan fingerprint density at radius 3 is 2.46 bits per heavy atom. The van der Waals surface area contributed by atoms with E-state index in [1.807, 2.05) is 24.3 Å². The topological polar surface area (TPSA) is 62.1 Å². The average molecular weight is 370 g/mol. The maximum absolute atomic E-state index is 5.41. The van der Waals surface area contributed by atoms with Crippen LogP contribution >= 0.6 is 11.8 Å². The van der Waals surface area contributed by atoms with Gasteiger partial charge < -0.3 is 9.47 Å². The van der Waals surface area contributed by atoms with Gasteiger partial charge in [0.1, 0.15) is 0 Å². The number of hydrogen-bond donors (Lipinski definition) is 0. The monoisotopic (exact) mass is 370 g/mol. The molecule has 6 nitrogen and oxygen atoms in total. The van der Waals surface area contributed by atoms with Crippen LogP contribution < -0.4 is 9.47 Å². The molecule has 2 aromatic carbocycles. The van der Waals surface area contributed by atoms with Crippen molar-refractivity contribution in [2.45, 2.75) is 31.7 Å². The minimum Gasteiger partial charge on any atom is -0.493 e. The van der Waals surface area contributed by atoms with Crippen LogP contribution in [0.1, 0.15) is 22.3 Å². The molecule has 26 heavy (non-hydrogen) atoms. The molecule has 7 heteroatoms. The largest absolute Gasteiger partial charge is 0.493 e. The molecule has 3 rings (SSSR count). The number of methoxy groups -OCH3 is 2. The van der Waals surface area contributed by atoms with Gasteiger partial charge in [-0.15, -0.1) is 5.10 Å². The lowest BCUT2D eigenvalue weighted by atomic mass is 10.1. The zero-order valence-corrected chi connectivity index (χ0v) is 16.4. The molecule has 1 heterocycles. The van der Waals surface area contributed by atoms with Crippen LogP contribution in [-0.2, 0) is 5.75 Å². The fraction of sp³-hybridized carbons (Fsp3) is 0.316. The highest BCUT2D eigenvalue weighted by Crippen LogP contribution is 2.33. The summed E-state index contributed by atoms with van der Waals surface area (Å²) in [5, 5.41) is 13.0. The fourth-order valence-corrected chi connectivity index (χ4v) is 3.65. The van der Waals surface area contributed by atoms with Crippen molar-refractivity contribution in [1.82, 2.24) is 20.2 Å². The van der Waals surface area contributed by atoms with Crippen molar-refractivity contribution in [3.8, 4) is 17.2 Å². The number of hydrogen-bond acceptors (Lipinski definition) is 6. The van der Waals surface area contributed by atoms with Gasteiger partial charge in [-0.25, -0.2) is 0 Å². The van der Waals surface area contributed by atoms with Gasteiger partial charge in [0.05, 0.1) is 19.9 Å². The summed E-state index contributed by atoms with van der Waals surface area (Å²) in [6.45, 7) is 6.23. The third-order valence-electron chi connectivity index (χ3n) is 4.44. The quantitative estimate of drug-likeness (QED) is 0.613. The van der Waals surface area contributed by atoms with E-state index in [1.54, 1.807) is 30.7 Å². The Kier molecular flexibility index (Phi) is 5.46. The Balaban J connectivity index is 1.86. The van der Waals surface area contributed by atoms with Crippen LogP contribution in [-0.4, -0.2) is 34.4 Å². The fourth-order valence-electron chi connectivity index (χ4n) is 2.71. The second kappa shape index (κ2) is 7.78. The van der Waals surface area contributed by atoms with E-state index < -0.39 is 0 Å². The van der Waals surface area contributed by atoms with Crippen LogP contribution in [0.4, 0.5) is 0 Å². The Labute approximate surface area is 157 Å². The first kappa shape index (κ1) is 18.3. The van der Waals surface area contributed by atoms with Crippen LogP contribution in [0.15, 0.2) is 35.5 Å². The summed E-state index contributed by atoms with van der Waals surface area (Å²) in [7, 11) is 3.29. The van der Waals surface area contributed by atoms with Gasteiger partial charge in [-0.1, -0.05) is 23.9 Å². The second-order valence-electron chi connectivity index (χ2n) is 6.01. The highest BCUT2D eigenvalue weighted by molar-refractivity contribution is 7.98. The Bertz CT molecular complexity index is 924. The molecule has 0 radical (unpaired) electrons. The van der Waals surface area contributed by atoms with Gasteiger partial charge in [0, 0.05) is 5.75 Å². The summed E-state index contributed by atoms with van der Waals surface area (Å²) < 4.78 is 12.6. The Morgan fingerprint density at radius 2 is 1.73 bits per heavy atom. The number of ether oxygens (including phenoxy) is 2. The van der Waals surface area contributed by atoms with Gasteiger partial charge in [0.15, 0.2) is 11.5 Å². The summed E-state index contributed by atoms with van der Waals surface area (Å²) in [4.78, 5) is 0. The molecule has 0 atom stereocenters. The normalized spacial score (nSPS) is 10.8. The molecule has 0 N–H and O–H groups in total. The highest BCUT2D eigenvalue weighted by atomic mass is 32.2. The number of rotatable bonds is 6. The summed E-state index contributed by atoms with van der Waals surface area (Å²) >= 11 is 1.59. The molecule has 0 aliphatic carbocycles. The van der Waals surface area contributed by atoms with E-state index in [-0.39, 0.29) is 0 Å². The molecule has 0 saturated carbocycles. The van der Waals surface area contributed by atoms with Crippen molar-refractivity contribution in [2.75, 3.05) is 14.2 Å². The van der Waals surface area contributed by atoms with Crippen molar-refractivity contribution >= 4 is 11.8 Å². The predicted octanol–water partition coefficient (Wildman–Crippen LogP) is 3.90. The molecule has 136 valence electrons. The summed E-state index contributed by atoms with van der Waals surface area (Å²) in [5.41, 5.74) is 5.68. The van der Waals surface area contributed by atoms with Crippen molar-refractivity contribution in [2.24, 2.45) is 0 Å². The van der Waals surface area contributed by atoms with Crippen molar-refractivity contribution < 1.29 is 9.47 Å². The molecule has 3 aromatic rings. The number of aryl methyl sites for hydroxylation is 2. The van der Waals surface area contributed by atoms with Crippen molar-refractivity contribution in [1.29, 1.82) is 0 Å². The number of tetrazole rings is 1. The molecule has 0 unspecified atom stereocenters. The number of benzene rings is 2. The van der Waals surface area contributed by atoms with E-state index >= 15 is 0 Å². The van der Waals surface area contributed by atoms with Gasteiger partial charge in [-0.05, 0) is 71.7 Å². The van der Waals surface area contributed by atoms with Crippen molar-refractivity contribution in [3.05, 3.63) is 52.6 Å². The van der Waals surface area contributed by atoms with Crippen LogP contribution in [0.25, 0.3) is 5.69 Å². The highest BCUT2D eigenvalue weighted by Gasteiger charge is 2.14. The molecule has 0 spiro atoms. The lowest BCUT2D eigenvalue weighted by Gasteiger charge is -2.13. The van der Waals surface area contributed by atoms with E-state index in [1.165, 1.54) is 11.1 Å². The Hall–Kier alpha value is -2.54. The Morgan fingerprint density at radius 1 is 1.00 bits per heavy atom. The zero-order chi connectivity index (χ0) is 18.7. The van der Waals surface area contributed by atoms with E-state index in [9.17, 15) is 0 Å². The van der Waals surface area contributed by atoms with Gasteiger partial charge in [0.25, 0.3) is 0 Å². The zero-order valence-electron chi connectivity index (χ0n) is 15.6. The van der Waals surface area contributed by atoms with Crippen molar-refractivity contribution in [3.63, 3.8) is 0 Å². The SMILES string of the molecule is COc1cc(C)c(CSc2nnnn2-c2cccc(C)c2C)cc1OC. The number of aromatic nitrogens is 4. The maximum Gasteiger partial charge on any atom is 0.214 e. The van der Waals surface area contributed by atoms with E-state index in [2.05, 4.69) is 42.4 Å². The van der Waals surface area contributed by atoms with E-state index in [0.29, 0.717) is 0 Å². The summed E-state index contributed by atoms with van der Waals surface area (Å²) in [6.07, 6.45) is 0. The first-order chi connectivity index (χ1) is 12.5. The van der Waals surface area contributed by atoms with Crippen LogP contribution in [0, 0.1) is 20.8 Å². The lowest BCUT2D eigenvalue weighted by Crippen LogP contribution is -2.03. The van der Waals surface area contributed by atoms with Gasteiger partial charge in [0.2, 0.25) is 5.16 Å². The predicted molar refractivity (Wildman–Crippen MR) is 102 cm³/mol. The van der Waals surface area contributed by atoms with Crippen LogP contribution in [0.5, 0.6) is 11.5 Å². The lowest BCUT2D eigenvalue weighted by molar-refractivity contribution is 0.354. The minimum absolute atomic E-state index is 0.725. The third-order valence-corrected chi connectivity index (χ3v) is 5.41. The van der Waals surface area contributed by atoms with E-state index in [0.717, 1.165) is 39.2 Å². The summed E-state index contributed by atoms with van der Waals surface area (Å²) in [6, 6.07) is 10.1. The standard InChI is InChI=1S/C19H22N4O2S/c1-12-7-6-8-16(14(12)3)23-19(20-21-22-23)26-11-15-10-18(25-5)17(24-4)9-13(15)2/h6-10H,11H2,1-5H3. The van der Waals surface area contributed by atoms with E-state index in [4.69, 9.17) is 9.47 Å². The van der Waals surface area contributed by atoms with Crippen LogP contribution in [0.3, 0.4) is 0 Å². The maximum atomic E-state index is 5.41. The molecular formula is C19H22N4O2S. The molecular weight excluding hydrogens is 348 g/mol. The molecule has 0 fully saturated rings. The molecule has 0 bridgehead atoms. The number of thioether (sulfide) groups is 1. The average Bonchev–Trinajstić information content (AvgIpc) is 3.11. The molecule has 0 amide bonds. The molecule has 1 aromatic heterocycles. The summed E-state index contributed by atoms with van der Waals surface area (Å²) in [5.74, 6) is 2.19. The van der Waals surface area contributed by atoms with Gasteiger partial charge in [-0.3, -0.25) is 0 Å².